The molecule has 3 unspecified atom stereocenters. The highest BCUT2D eigenvalue weighted by molar-refractivity contribution is 5.71. The molecule has 1 N–H and O–H groups in total. The van der Waals surface area contributed by atoms with Gasteiger partial charge in [0, 0.05) is 25.7 Å². The summed E-state index contributed by atoms with van der Waals surface area (Å²) in [6, 6.07) is 0.174. The van der Waals surface area contributed by atoms with E-state index >= 15 is 0 Å². The van der Waals surface area contributed by atoms with Crippen LogP contribution in [0, 0.1) is 11.8 Å². The minimum absolute atomic E-state index is 0.174. The molecule has 1 fully saturated rings. The van der Waals surface area contributed by atoms with Crippen LogP contribution in [0.15, 0.2) is 0 Å². The fourth-order valence-corrected chi connectivity index (χ4v) is 2.45. The topological polar surface area (TPSA) is 43.8 Å². The molecule has 0 radical (unpaired) electrons. The summed E-state index contributed by atoms with van der Waals surface area (Å²) in [5, 5.41) is 8.65. The molecule has 0 aliphatic carbocycles. The summed E-state index contributed by atoms with van der Waals surface area (Å²) in [5.41, 5.74) is 0. The predicted molar refractivity (Wildman–Crippen MR) is 60.3 cm³/mol. The van der Waals surface area contributed by atoms with Crippen LogP contribution in [-0.4, -0.2) is 66.8 Å². The number of alkyl halides is 3. The highest BCUT2D eigenvalue weighted by Gasteiger charge is 2.47. The van der Waals surface area contributed by atoms with Gasteiger partial charge in [-0.25, -0.2) is 0 Å². The molecule has 1 aliphatic rings. The van der Waals surface area contributed by atoms with Crippen molar-refractivity contribution < 1.29 is 23.1 Å². The Balaban J connectivity index is 2.65. The number of halogens is 3. The highest BCUT2D eigenvalue weighted by atomic mass is 19.4. The third-order valence-corrected chi connectivity index (χ3v) is 3.45. The lowest BCUT2D eigenvalue weighted by Crippen LogP contribution is -2.41. The van der Waals surface area contributed by atoms with Crippen LogP contribution in [-0.2, 0) is 4.79 Å². The highest BCUT2D eigenvalue weighted by Crippen LogP contribution is 2.29. The van der Waals surface area contributed by atoms with Crippen LogP contribution in [0.3, 0.4) is 0 Å². The van der Waals surface area contributed by atoms with E-state index in [2.05, 4.69) is 0 Å². The molecule has 7 heteroatoms. The van der Waals surface area contributed by atoms with Crippen LogP contribution >= 0.6 is 0 Å². The third kappa shape index (κ3) is 3.58. The van der Waals surface area contributed by atoms with Crippen molar-refractivity contribution in [3.63, 3.8) is 0 Å². The second kappa shape index (κ2) is 5.44. The van der Waals surface area contributed by atoms with Crippen LogP contribution in [0.4, 0.5) is 13.2 Å². The van der Waals surface area contributed by atoms with Crippen LogP contribution in [0.25, 0.3) is 0 Å². The number of carboxylic acids is 1. The van der Waals surface area contributed by atoms with Crippen molar-refractivity contribution in [2.75, 3.05) is 33.7 Å². The number of rotatable bonds is 4. The average molecular weight is 268 g/mol. The smallest absolute Gasteiger partial charge is 0.403 e. The Morgan fingerprint density at radius 1 is 1.44 bits per heavy atom. The normalized spacial score (nSPS) is 27.7. The average Bonchev–Trinajstić information content (AvgIpc) is 2.53. The van der Waals surface area contributed by atoms with Crippen molar-refractivity contribution in [1.82, 2.24) is 9.80 Å². The van der Waals surface area contributed by atoms with Crippen LogP contribution in [0.1, 0.15) is 6.92 Å². The Bertz CT molecular complexity index is 307. The fourth-order valence-electron chi connectivity index (χ4n) is 2.45. The zero-order valence-electron chi connectivity index (χ0n) is 10.7. The van der Waals surface area contributed by atoms with Gasteiger partial charge in [0.25, 0.3) is 0 Å². The maximum Gasteiger partial charge on any atom is 0.403 e. The minimum Gasteiger partial charge on any atom is -0.481 e. The number of nitrogens with zero attached hydrogens (tertiary/aromatic N) is 2. The molecule has 106 valence electrons. The molecule has 1 rings (SSSR count). The van der Waals surface area contributed by atoms with Gasteiger partial charge in [-0.15, -0.1) is 0 Å². The van der Waals surface area contributed by atoms with E-state index in [1.54, 1.807) is 4.90 Å². The van der Waals surface area contributed by atoms with Gasteiger partial charge < -0.3 is 14.9 Å². The Kier molecular flexibility index (Phi) is 4.61. The second-order valence-electron chi connectivity index (χ2n) is 5.16. The molecule has 0 bridgehead atoms. The van der Waals surface area contributed by atoms with Gasteiger partial charge in [-0.1, -0.05) is 6.92 Å². The Labute approximate surface area is 104 Å². The number of carbonyl (C=O) groups is 1. The van der Waals surface area contributed by atoms with Gasteiger partial charge in [-0.05, 0) is 20.0 Å². The minimum atomic E-state index is -4.69. The zero-order valence-corrected chi connectivity index (χ0v) is 10.7. The van der Waals surface area contributed by atoms with Crippen LogP contribution in [0.2, 0.25) is 0 Å². The SMILES string of the molecule is CC1CN(CC(C(=O)O)C(F)(F)F)CC1N(C)C. The van der Waals surface area contributed by atoms with Gasteiger partial charge in [-0.2, -0.15) is 13.2 Å². The van der Waals surface area contributed by atoms with Crippen LogP contribution in [0.5, 0.6) is 0 Å². The summed E-state index contributed by atoms with van der Waals surface area (Å²) < 4.78 is 37.7. The molecular formula is C11H19F3N2O2. The fraction of sp³-hybridized carbons (Fsp3) is 0.909. The van der Waals surface area contributed by atoms with Crippen molar-refractivity contribution in [3.8, 4) is 0 Å². The maximum atomic E-state index is 12.6. The molecule has 0 spiro atoms. The van der Waals surface area contributed by atoms with E-state index in [0.717, 1.165) is 0 Å². The molecule has 18 heavy (non-hydrogen) atoms. The standard InChI is InChI=1S/C11H19F3N2O2/c1-7-4-16(6-9(7)15(2)3)5-8(10(17)18)11(12,13)14/h7-9H,4-6H2,1-3H3,(H,17,18). The molecule has 1 aliphatic heterocycles. The molecule has 1 saturated heterocycles. The van der Waals surface area contributed by atoms with E-state index in [9.17, 15) is 18.0 Å². The third-order valence-electron chi connectivity index (χ3n) is 3.45. The molecule has 1 heterocycles. The molecule has 4 nitrogen and oxygen atoms in total. The maximum absolute atomic E-state index is 12.6. The summed E-state index contributed by atoms with van der Waals surface area (Å²) >= 11 is 0. The second-order valence-corrected chi connectivity index (χ2v) is 5.16. The summed E-state index contributed by atoms with van der Waals surface area (Å²) in [4.78, 5) is 14.2. The van der Waals surface area contributed by atoms with Gasteiger partial charge in [0.05, 0.1) is 0 Å². The quantitative estimate of drug-likeness (QED) is 0.830. The lowest BCUT2D eigenvalue weighted by molar-refractivity contribution is -0.196. The van der Waals surface area contributed by atoms with Crippen molar-refractivity contribution in [1.29, 1.82) is 0 Å². The Hall–Kier alpha value is -0.820. The van der Waals surface area contributed by atoms with Gasteiger partial charge in [-0.3, -0.25) is 4.79 Å². The number of aliphatic carboxylic acids is 1. The molecule has 0 aromatic rings. The van der Waals surface area contributed by atoms with E-state index in [1.165, 1.54) is 0 Å². The lowest BCUT2D eigenvalue weighted by atomic mass is 10.1. The first-order valence-electron chi connectivity index (χ1n) is 5.81. The molecule has 3 atom stereocenters. The summed E-state index contributed by atoms with van der Waals surface area (Å²) in [6.45, 7) is 2.48. The van der Waals surface area contributed by atoms with E-state index in [1.807, 2.05) is 25.9 Å². The van der Waals surface area contributed by atoms with Crippen molar-refractivity contribution in [2.45, 2.75) is 19.1 Å². The summed E-state index contributed by atoms with van der Waals surface area (Å²) in [7, 11) is 3.76. The first-order valence-corrected chi connectivity index (χ1v) is 5.81. The van der Waals surface area contributed by atoms with Crippen molar-refractivity contribution in [3.05, 3.63) is 0 Å². The van der Waals surface area contributed by atoms with Crippen molar-refractivity contribution in [2.24, 2.45) is 11.8 Å². The first-order chi connectivity index (χ1) is 8.12. The molecule has 0 aromatic heterocycles. The van der Waals surface area contributed by atoms with Crippen LogP contribution < -0.4 is 0 Å². The Morgan fingerprint density at radius 3 is 2.33 bits per heavy atom. The number of carboxylic acid groups (broad SMARTS) is 1. The van der Waals surface area contributed by atoms with E-state index in [-0.39, 0.29) is 12.0 Å². The largest absolute Gasteiger partial charge is 0.481 e. The molecule has 0 aromatic carbocycles. The Morgan fingerprint density at radius 2 is 2.00 bits per heavy atom. The summed E-state index contributed by atoms with van der Waals surface area (Å²) in [5.74, 6) is -3.86. The summed E-state index contributed by atoms with van der Waals surface area (Å²) in [6.07, 6.45) is -4.69. The number of hydrogen-bond acceptors (Lipinski definition) is 3. The van der Waals surface area contributed by atoms with Crippen molar-refractivity contribution >= 4 is 5.97 Å². The zero-order chi connectivity index (χ0) is 14.1. The number of likely N-dealkylation sites (N-methyl/N-ethyl adjacent to an activating group) is 1. The van der Waals surface area contributed by atoms with Gasteiger partial charge >= 0.3 is 12.1 Å². The van der Waals surface area contributed by atoms with E-state index in [4.69, 9.17) is 5.11 Å². The molecule has 0 saturated carbocycles. The number of hydrogen-bond donors (Lipinski definition) is 1. The molecular weight excluding hydrogens is 249 g/mol. The predicted octanol–water partition coefficient (Wildman–Crippen LogP) is 1.13. The lowest BCUT2D eigenvalue weighted by Gasteiger charge is -2.24. The van der Waals surface area contributed by atoms with Gasteiger partial charge in [0.15, 0.2) is 5.92 Å². The number of likely N-dealkylation sites (tertiary alicyclic amines) is 1. The van der Waals surface area contributed by atoms with Gasteiger partial charge in [0.1, 0.15) is 0 Å². The van der Waals surface area contributed by atoms with Gasteiger partial charge in [0.2, 0.25) is 0 Å². The molecule has 0 amide bonds. The first kappa shape index (κ1) is 15.2. The monoisotopic (exact) mass is 268 g/mol. The van der Waals surface area contributed by atoms with E-state index in [0.29, 0.717) is 13.1 Å². The van der Waals surface area contributed by atoms with E-state index < -0.39 is 24.6 Å².